The standard InChI is InChI=1S/C10H22O3Si/c1-6-7-8-12-9-10(11-2)13-14(3,4)5/h9H,6-8H2,1-5H3/b10-9+. The molecule has 0 heterocycles. The minimum atomic E-state index is -1.58. The summed E-state index contributed by atoms with van der Waals surface area (Å²) < 4.78 is 16.0. The van der Waals surface area contributed by atoms with E-state index in [4.69, 9.17) is 13.9 Å². The van der Waals surface area contributed by atoms with Gasteiger partial charge in [0.25, 0.3) is 0 Å². The van der Waals surface area contributed by atoms with Crippen molar-refractivity contribution >= 4 is 8.32 Å². The van der Waals surface area contributed by atoms with E-state index in [9.17, 15) is 0 Å². The van der Waals surface area contributed by atoms with Crippen molar-refractivity contribution in [2.75, 3.05) is 13.7 Å². The Morgan fingerprint density at radius 3 is 2.36 bits per heavy atom. The molecule has 0 aliphatic heterocycles. The third kappa shape index (κ3) is 7.98. The van der Waals surface area contributed by atoms with Gasteiger partial charge in [-0.3, -0.25) is 0 Å². The summed E-state index contributed by atoms with van der Waals surface area (Å²) in [6.45, 7) is 9.16. The summed E-state index contributed by atoms with van der Waals surface area (Å²) in [5.74, 6) is 0.486. The van der Waals surface area contributed by atoms with Crippen LogP contribution in [0.25, 0.3) is 0 Å². The van der Waals surface area contributed by atoms with Gasteiger partial charge in [0, 0.05) is 0 Å². The maximum absolute atomic E-state index is 5.62. The number of unbranched alkanes of at least 4 members (excludes halogenated alkanes) is 1. The Kier molecular flexibility index (Phi) is 6.45. The van der Waals surface area contributed by atoms with Crippen molar-refractivity contribution in [1.82, 2.24) is 0 Å². The molecule has 0 atom stereocenters. The summed E-state index contributed by atoms with van der Waals surface area (Å²) in [5, 5.41) is 0. The van der Waals surface area contributed by atoms with Crippen LogP contribution in [0.15, 0.2) is 12.2 Å². The SMILES string of the molecule is CCCCO/C=C(\OC)O[Si](C)(C)C. The molecule has 0 aromatic rings. The third-order valence-corrected chi connectivity index (χ3v) is 2.22. The van der Waals surface area contributed by atoms with Gasteiger partial charge in [0.1, 0.15) is 0 Å². The Balaban J connectivity index is 3.87. The molecule has 0 saturated carbocycles. The highest BCUT2D eigenvalue weighted by atomic mass is 28.4. The van der Waals surface area contributed by atoms with Crippen molar-refractivity contribution in [3.63, 3.8) is 0 Å². The fraction of sp³-hybridized carbons (Fsp3) is 0.800. The van der Waals surface area contributed by atoms with Gasteiger partial charge in [-0.15, -0.1) is 0 Å². The minimum Gasteiger partial charge on any atom is -0.518 e. The highest BCUT2D eigenvalue weighted by Gasteiger charge is 2.18. The van der Waals surface area contributed by atoms with E-state index in [0.29, 0.717) is 5.95 Å². The van der Waals surface area contributed by atoms with Crippen LogP contribution in [0.3, 0.4) is 0 Å². The first kappa shape index (κ1) is 13.4. The van der Waals surface area contributed by atoms with Crippen molar-refractivity contribution in [3.8, 4) is 0 Å². The van der Waals surface area contributed by atoms with Gasteiger partial charge in [-0.2, -0.15) is 0 Å². The molecule has 0 aromatic heterocycles. The maximum atomic E-state index is 5.62. The van der Waals surface area contributed by atoms with Crippen LogP contribution < -0.4 is 0 Å². The molecule has 0 fully saturated rings. The zero-order chi connectivity index (χ0) is 11.0. The molecule has 0 amide bonds. The molecule has 0 radical (unpaired) electrons. The van der Waals surface area contributed by atoms with Crippen LogP contribution in [0.4, 0.5) is 0 Å². The number of rotatable bonds is 7. The second-order valence-corrected chi connectivity index (χ2v) is 8.51. The van der Waals surface area contributed by atoms with Crippen LogP contribution in [0.5, 0.6) is 0 Å². The highest BCUT2D eigenvalue weighted by molar-refractivity contribution is 6.69. The van der Waals surface area contributed by atoms with E-state index in [2.05, 4.69) is 26.6 Å². The number of hydrogen-bond donors (Lipinski definition) is 0. The molecule has 0 spiro atoms. The lowest BCUT2D eigenvalue weighted by Gasteiger charge is -2.19. The zero-order valence-corrected chi connectivity index (χ0v) is 10.9. The highest BCUT2D eigenvalue weighted by Crippen LogP contribution is 2.10. The van der Waals surface area contributed by atoms with Crippen LogP contribution in [0.2, 0.25) is 19.6 Å². The fourth-order valence-corrected chi connectivity index (χ4v) is 1.51. The third-order valence-electron chi connectivity index (χ3n) is 1.40. The predicted molar refractivity (Wildman–Crippen MR) is 60.4 cm³/mol. The number of methoxy groups -OCH3 is 1. The lowest BCUT2D eigenvalue weighted by molar-refractivity contribution is 0.116. The van der Waals surface area contributed by atoms with Crippen molar-refractivity contribution < 1.29 is 13.9 Å². The Morgan fingerprint density at radius 2 is 1.93 bits per heavy atom. The van der Waals surface area contributed by atoms with E-state index in [1.54, 1.807) is 13.4 Å². The predicted octanol–water partition coefficient (Wildman–Crippen LogP) is 3.10. The summed E-state index contributed by atoms with van der Waals surface area (Å²) >= 11 is 0. The Hall–Kier alpha value is -0.643. The summed E-state index contributed by atoms with van der Waals surface area (Å²) in [6, 6.07) is 0. The molecule has 0 N–H and O–H groups in total. The molecule has 0 rings (SSSR count). The molecule has 0 saturated heterocycles. The number of hydrogen-bond acceptors (Lipinski definition) is 3. The molecule has 0 aliphatic rings. The van der Waals surface area contributed by atoms with E-state index < -0.39 is 8.32 Å². The summed E-state index contributed by atoms with van der Waals surface area (Å²) in [4.78, 5) is 0. The van der Waals surface area contributed by atoms with E-state index in [0.717, 1.165) is 19.4 Å². The van der Waals surface area contributed by atoms with Crippen LogP contribution in [0.1, 0.15) is 19.8 Å². The molecular weight excluding hydrogens is 196 g/mol. The van der Waals surface area contributed by atoms with Gasteiger partial charge >= 0.3 is 5.95 Å². The molecule has 0 unspecified atom stereocenters. The lowest BCUT2D eigenvalue weighted by atomic mass is 10.4. The number of ether oxygens (including phenoxy) is 2. The molecule has 0 bridgehead atoms. The first-order valence-electron chi connectivity index (χ1n) is 5.04. The topological polar surface area (TPSA) is 27.7 Å². The molecule has 3 nitrogen and oxygen atoms in total. The Morgan fingerprint density at radius 1 is 1.29 bits per heavy atom. The summed E-state index contributed by atoms with van der Waals surface area (Å²) in [5.41, 5.74) is 0. The Labute approximate surface area is 88.2 Å². The molecule has 14 heavy (non-hydrogen) atoms. The largest absolute Gasteiger partial charge is 0.518 e. The first-order chi connectivity index (χ1) is 6.49. The van der Waals surface area contributed by atoms with Gasteiger partial charge in [-0.1, -0.05) is 13.3 Å². The first-order valence-corrected chi connectivity index (χ1v) is 8.45. The van der Waals surface area contributed by atoms with Gasteiger partial charge in [0.05, 0.1) is 13.7 Å². The minimum absolute atomic E-state index is 0.486. The summed E-state index contributed by atoms with van der Waals surface area (Å²) in [6.07, 6.45) is 3.75. The van der Waals surface area contributed by atoms with Gasteiger partial charge in [0.2, 0.25) is 8.32 Å². The van der Waals surface area contributed by atoms with E-state index >= 15 is 0 Å². The Bertz CT molecular complexity index is 173. The molecular formula is C10H22O3Si. The zero-order valence-electron chi connectivity index (χ0n) is 9.92. The van der Waals surface area contributed by atoms with E-state index in [1.807, 2.05) is 0 Å². The second kappa shape index (κ2) is 6.76. The van der Waals surface area contributed by atoms with Crippen LogP contribution >= 0.6 is 0 Å². The molecule has 0 aliphatic carbocycles. The van der Waals surface area contributed by atoms with Gasteiger partial charge < -0.3 is 13.9 Å². The lowest BCUT2D eigenvalue weighted by Crippen LogP contribution is -2.25. The average Bonchev–Trinajstić information content (AvgIpc) is 2.08. The maximum Gasteiger partial charge on any atom is 0.301 e. The van der Waals surface area contributed by atoms with Crippen molar-refractivity contribution in [3.05, 3.63) is 12.2 Å². The van der Waals surface area contributed by atoms with Crippen LogP contribution in [-0.4, -0.2) is 22.0 Å². The van der Waals surface area contributed by atoms with Crippen molar-refractivity contribution in [2.45, 2.75) is 39.4 Å². The fourth-order valence-electron chi connectivity index (χ4n) is 0.770. The van der Waals surface area contributed by atoms with Gasteiger partial charge in [-0.05, 0) is 26.1 Å². The smallest absolute Gasteiger partial charge is 0.301 e. The molecule has 4 heteroatoms. The molecule has 0 aromatic carbocycles. The normalized spacial score (nSPS) is 12.5. The summed E-state index contributed by atoms with van der Waals surface area (Å²) in [7, 11) is 0.00937. The van der Waals surface area contributed by atoms with Gasteiger partial charge in [0.15, 0.2) is 6.26 Å². The van der Waals surface area contributed by atoms with E-state index in [-0.39, 0.29) is 0 Å². The van der Waals surface area contributed by atoms with Crippen molar-refractivity contribution in [1.29, 1.82) is 0 Å². The van der Waals surface area contributed by atoms with E-state index in [1.165, 1.54) is 0 Å². The van der Waals surface area contributed by atoms with Crippen LogP contribution in [-0.2, 0) is 13.9 Å². The van der Waals surface area contributed by atoms with Crippen molar-refractivity contribution in [2.24, 2.45) is 0 Å². The van der Waals surface area contributed by atoms with Gasteiger partial charge in [-0.25, -0.2) is 0 Å². The molecule has 84 valence electrons. The quantitative estimate of drug-likeness (QED) is 0.373. The second-order valence-electron chi connectivity index (χ2n) is 4.08. The average molecular weight is 218 g/mol. The van der Waals surface area contributed by atoms with Crippen LogP contribution in [0, 0.1) is 0 Å². The monoisotopic (exact) mass is 218 g/mol.